The van der Waals surface area contributed by atoms with Crippen LogP contribution < -0.4 is 10.1 Å². The number of amides is 1. The van der Waals surface area contributed by atoms with Crippen molar-refractivity contribution in [2.75, 3.05) is 26.2 Å². The van der Waals surface area contributed by atoms with Gasteiger partial charge in [-0.05, 0) is 81.1 Å². The number of benzene rings is 2. The Balaban J connectivity index is 1.20. The molecule has 0 spiro atoms. The molecule has 8 heteroatoms. The highest BCUT2D eigenvalue weighted by Crippen LogP contribution is 2.21. The fourth-order valence-corrected chi connectivity index (χ4v) is 4.21. The fraction of sp³-hybridized carbons (Fsp3) is 0.423. The van der Waals surface area contributed by atoms with Gasteiger partial charge in [0.1, 0.15) is 11.6 Å². The summed E-state index contributed by atoms with van der Waals surface area (Å²) in [5.74, 6) is 1.58. The van der Waals surface area contributed by atoms with Gasteiger partial charge in [0.05, 0.1) is 19.1 Å². The number of carbonyl (C=O) groups is 1. The average Bonchev–Trinajstić information content (AvgIpc) is 3.32. The van der Waals surface area contributed by atoms with E-state index in [1.54, 1.807) is 12.1 Å². The topological polar surface area (TPSA) is 80.5 Å². The number of ether oxygens (including phenoxy) is 1. The van der Waals surface area contributed by atoms with E-state index in [4.69, 9.17) is 9.26 Å². The van der Waals surface area contributed by atoms with Crippen molar-refractivity contribution in [1.82, 2.24) is 20.4 Å². The number of nitrogens with one attached hydrogen (secondary N) is 1. The van der Waals surface area contributed by atoms with Crippen LogP contribution in [-0.2, 0) is 17.8 Å². The Morgan fingerprint density at radius 2 is 2.00 bits per heavy atom. The van der Waals surface area contributed by atoms with Crippen LogP contribution in [0.3, 0.4) is 0 Å². The van der Waals surface area contributed by atoms with Crippen molar-refractivity contribution in [3.8, 4) is 17.1 Å². The van der Waals surface area contributed by atoms with Gasteiger partial charge in [0.2, 0.25) is 17.6 Å². The van der Waals surface area contributed by atoms with Crippen LogP contribution in [0.15, 0.2) is 53.1 Å². The monoisotopic (exact) mass is 466 g/mol. The van der Waals surface area contributed by atoms with Crippen LogP contribution in [0.5, 0.6) is 5.75 Å². The summed E-state index contributed by atoms with van der Waals surface area (Å²) in [4.78, 5) is 19.3. The Kier molecular flexibility index (Phi) is 8.25. The van der Waals surface area contributed by atoms with E-state index in [2.05, 4.69) is 32.5 Å². The van der Waals surface area contributed by atoms with Crippen molar-refractivity contribution in [3.63, 3.8) is 0 Å². The van der Waals surface area contributed by atoms with Crippen molar-refractivity contribution >= 4 is 5.91 Å². The molecule has 1 fully saturated rings. The maximum Gasteiger partial charge on any atom is 0.241 e. The number of aromatic nitrogens is 2. The van der Waals surface area contributed by atoms with E-state index in [9.17, 15) is 9.18 Å². The number of nitrogens with zero attached hydrogens (tertiary/aromatic N) is 3. The van der Waals surface area contributed by atoms with Crippen LogP contribution in [0, 0.1) is 11.7 Å². The third kappa shape index (κ3) is 6.63. The van der Waals surface area contributed by atoms with Crippen molar-refractivity contribution in [2.24, 2.45) is 5.92 Å². The molecule has 0 saturated carbocycles. The first-order chi connectivity index (χ1) is 16.6. The van der Waals surface area contributed by atoms with Crippen LogP contribution in [0.1, 0.15) is 37.6 Å². The third-order valence-corrected chi connectivity index (χ3v) is 5.98. The molecule has 0 radical (unpaired) electrons. The van der Waals surface area contributed by atoms with Crippen LogP contribution in [0.4, 0.5) is 4.39 Å². The Morgan fingerprint density at radius 1 is 1.21 bits per heavy atom. The maximum atomic E-state index is 13.1. The normalized spacial score (nSPS) is 16.4. The molecule has 1 aliphatic heterocycles. The first-order valence-electron chi connectivity index (χ1n) is 11.9. The molecule has 4 rings (SSSR count). The quantitative estimate of drug-likeness (QED) is 0.450. The van der Waals surface area contributed by atoms with Crippen molar-refractivity contribution in [3.05, 3.63) is 65.8 Å². The number of carbonyl (C=O) groups excluding carboxylic acids is 1. The van der Waals surface area contributed by atoms with E-state index in [-0.39, 0.29) is 17.6 Å². The van der Waals surface area contributed by atoms with Gasteiger partial charge in [-0.1, -0.05) is 17.3 Å². The largest absolute Gasteiger partial charge is 0.494 e. The number of hydrogen-bond donors (Lipinski definition) is 1. The molecule has 1 amide bonds. The second kappa shape index (κ2) is 11.7. The average molecular weight is 467 g/mol. The van der Waals surface area contributed by atoms with Crippen molar-refractivity contribution in [1.29, 1.82) is 0 Å². The minimum atomic E-state index is -0.304. The lowest BCUT2D eigenvalue weighted by Gasteiger charge is -2.30. The highest BCUT2D eigenvalue weighted by molar-refractivity contribution is 5.78. The van der Waals surface area contributed by atoms with Gasteiger partial charge >= 0.3 is 0 Å². The molecule has 34 heavy (non-hydrogen) atoms. The zero-order chi connectivity index (χ0) is 23.8. The molecule has 1 N–H and O–H groups in total. The Morgan fingerprint density at radius 3 is 2.76 bits per heavy atom. The summed E-state index contributed by atoms with van der Waals surface area (Å²) in [6.45, 7) is 5.34. The molecule has 7 nitrogen and oxygen atoms in total. The summed E-state index contributed by atoms with van der Waals surface area (Å²) in [7, 11) is 0. The molecular formula is C26H31FN4O3. The molecule has 2 aromatic carbocycles. The molecule has 0 aliphatic carbocycles. The molecule has 3 aromatic rings. The van der Waals surface area contributed by atoms with E-state index < -0.39 is 0 Å². The number of halogens is 1. The summed E-state index contributed by atoms with van der Waals surface area (Å²) in [5, 5.41) is 7.10. The number of piperidine rings is 1. The molecule has 1 saturated heterocycles. The molecule has 1 unspecified atom stereocenters. The van der Waals surface area contributed by atoms with Crippen LogP contribution >= 0.6 is 0 Å². The predicted molar refractivity (Wildman–Crippen MR) is 127 cm³/mol. The van der Waals surface area contributed by atoms with Crippen LogP contribution in [0.2, 0.25) is 0 Å². The maximum absolute atomic E-state index is 13.1. The molecular weight excluding hydrogens is 435 g/mol. The predicted octanol–water partition coefficient (Wildman–Crippen LogP) is 4.24. The molecule has 180 valence electrons. The zero-order valence-corrected chi connectivity index (χ0v) is 19.5. The number of hydrogen-bond acceptors (Lipinski definition) is 6. The van der Waals surface area contributed by atoms with Gasteiger partial charge in [0.25, 0.3) is 0 Å². The van der Waals surface area contributed by atoms with Gasteiger partial charge in [-0.3, -0.25) is 9.69 Å². The molecule has 1 atom stereocenters. The standard InChI is InChI=1S/C26H31FN4O3/c1-2-33-23-13-7-19(8-14-23)5-3-15-28-26(32)21-6-4-16-31(17-21)18-24-29-25(30-34-24)20-9-11-22(27)12-10-20/h7-14,21H,2-6,15-18H2,1H3,(H,28,32). The number of likely N-dealkylation sites (tertiary alicyclic amines) is 1. The first kappa shape index (κ1) is 23.9. The SMILES string of the molecule is CCOc1ccc(CCCNC(=O)C2CCCN(Cc3nc(-c4ccc(F)cc4)no3)C2)cc1. The summed E-state index contributed by atoms with van der Waals surface area (Å²) < 4.78 is 24.0. The van der Waals surface area contributed by atoms with Crippen molar-refractivity contribution in [2.45, 2.75) is 39.2 Å². The molecule has 0 bridgehead atoms. The van der Waals surface area contributed by atoms with Crippen molar-refractivity contribution < 1.29 is 18.4 Å². The molecule has 1 aliphatic rings. The van der Waals surface area contributed by atoms with E-state index in [1.165, 1.54) is 17.7 Å². The van der Waals surface area contributed by atoms with Gasteiger partial charge in [-0.25, -0.2) is 4.39 Å². The molecule has 1 aromatic heterocycles. The highest BCUT2D eigenvalue weighted by Gasteiger charge is 2.26. The van der Waals surface area contributed by atoms with Gasteiger partial charge in [-0.15, -0.1) is 0 Å². The van der Waals surface area contributed by atoms with Gasteiger partial charge < -0.3 is 14.6 Å². The minimum Gasteiger partial charge on any atom is -0.494 e. The Bertz CT molecular complexity index is 1050. The van der Waals surface area contributed by atoms with E-state index in [1.807, 2.05) is 19.1 Å². The van der Waals surface area contributed by atoms with Gasteiger partial charge in [-0.2, -0.15) is 4.98 Å². The lowest BCUT2D eigenvalue weighted by Crippen LogP contribution is -2.43. The summed E-state index contributed by atoms with van der Waals surface area (Å²) >= 11 is 0. The lowest BCUT2D eigenvalue weighted by atomic mass is 9.97. The lowest BCUT2D eigenvalue weighted by molar-refractivity contribution is -0.126. The summed E-state index contributed by atoms with van der Waals surface area (Å²) in [6.07, 6.45) is 3.64. The second-order valence-corrected chi connectivity index (χ2v) is 8.56. The van der Waals surface area contributed by atoms with Gasteiger partial charge in [0.15, 0.2) is 0 Å². The molecule has 2 heterocycles. The highest BCUT2D eigenvalue weighted by atomic mass is 19.1. The van der Waals surface area contributed by atoms with Crippen LogP contribution in [0.25, 0.3) is 11.4 Å². The van der Waals surface area contributed by atoms with Crippen LogP contribution in [-0.4, -0.2) is 47.2 Å². The fourth-order valence-electron chi connectivity index (χ4n) is 4.21. The summed E-state index contributed by atoms with van der Waals surface area (Å²) in [5.41, 5.74) is 1.94. The smallest absolute Gasteiger partial charge is 0.241 e. The minimum absolute atomic E-state index is 0.0429. The second-order valence-electron chi connectivity index (χ2n) is 8.56. The third-order valence-electron chi connectivity index (χ3n) is 5.98. The summed E-state index contributed by atoms with van der Waals surface area (Å²) in [6, 6.07) is 14.1. The Labute approximate surface area is 199 Å². The van der Waals surface area contributed by atoms with E-state index in [0.717, 1.165) is 38.0 Å². The Hall–Kier alpha value is -3.26. The van der Waals surface area contributed by atoms with E-state index in [0.29, 0.717) is 43.5 Å². The number of rotatable bonds is 10. The number of aryl methyl sites for hydroxylation is 1. The van der Waals surface area contributed by atoms with E-state index >= 15 is 0 Å². The first-order valence-corrected chi connectivity index (χ1v) is 11.9. The zero-order valence-electron chi connectivity index (χ0n) is 19.5. The van der Waals surface area contributed by atoms with Gasteiger partial charge in [0, 0.05) is 18.7 Å².